The van der Waals surface area contributed by atoms with E-state index >= 15 is 0 Å². The summed E-state index contributed by atoms with van der Waals surface area (Å²) in [6, 6.07) is 5.66. The number of nitrogen functional groups attached to an aromatic ring is 1. The van der Waals surface area contributed by atoms with Crippen molar-refractivity contribution >= 4 is 29.7 Å². The first-order chi connectivity index (χ1) is 8.04. The normalized spacial score (nSPS) is 12.6. The van der Waals surface area contributed by atoms with E-state index in [9.17, 15) is 0 Å². The van der Waals surface area contributed by atoms with Crippen LogP contribution < -0.4 is 11.2 Å². The van der Waals surface area contributed by atoms with E-state index in [0.29, 0.717) is 10.7 Å². The molecule has 0 saturated heterocycles. The van der Waals surface area contributed by atoms with Crippen molar-refractivity contribution in [1.82, 2.24) is 0 Å². The van der Waals surface area contributed by atoms with E-state index in [1.165, 1.54) is 0 Å². The summed E-state index contributed by atoms with van der Waals surface area (Å²) in [6.45, 7) is 12.8. The molecule has 2 nitrogen and oxygen atoms in total. The van der Waals surface area contributed by atoms with Crippen LogP contribution in [0, 0.1) is 5.41 Å². The van der Waals surface area contributed by atoms with Crippen molar-refractivity contribution in [2.75, 3.05) is 5.73 Å². The molecule has 4 heteroatoms. The van der Waals surface area contributed by atoms with Crippen molar-refractivity contribution < 1.29 is 4.65 Å². The van der Waals surface area contributed by atoms with Gasteiger partial charge in [0.1, 0.15) is 0 Å². The second-order valence-electron chi connectivity index (χ2n) is 6.30. The number of rotatable bonds is 3. The fraction of sp³-hybridized carbons (Fsp3) is 0.571. The molecule has 0 radical (unpaired) electrons. The Labute approximate surface area is 116 Å². The molecule has 0 heterocycles. The Morgan fingerprint density at radius 2 is 1.72 bits per heavy atom. The lowest BCUT2D eigenvalue weighted by atomic mass is 9.62. The zero-order valence-corrected chi connectivity index (χ0v) is 12.9. The van der Waals surface area contributed by atoms with Gasteiger partial charge in [-0.05, 0) is 36.9 Å². The lowest BCUT2D eigenvalue weighted by Gasteiger charge is -2.40. The molecule has 1 aromatic rings. The van der Waals surface area contributed by atoms with Crippen LogP contribution in [0.2, 0.25) is 11.8 Å². The van der Waals surface area contributed by atoms with E-state index in [1.54, 1.807) is 0 Å². The second-order valence-corrected chi connectivity index (χ2v) is 6.71. The summed E-state index contributed by atoms with van der Waals surface area (Å²) in [5.41, 5.74) is 7.21. The Bertz CT molecular complexity index is 426. The summed E-state index contributed by atoms with van der Waals surface area (Å²) in [5.74, 6) is 0. The van der Waals surface area contributed by atoms with Gasteiger partial charge in [-0.3, -0.25) is 0 Å². The fourth-order valence-electron chi connectivity index (χ4n) is 1.48. The molecule has 0 aliphatic rings. The van der Waals surface area contributed by atoms with Crippen LogP contribution in [0.3, 0.4) is 0 Å². The molecule has 0 bridgehead atoms. The zero-order chi connectivity index (χ0) is 14.1. The lowest BCUT2D eigenvalue weighted by Crippen LogP contribution is -2.46. The largest absolute Gasteiger partial charge is 0.426 e. The maximum atomic E-state index is 6.18. The Hall–Kier alpha value is -0.665. The predicted molar refractivity (Wildman–Crippen MR) is 81.7 cm³/mol. The van der Waals surface area contributed by atoms with Crippen LogP contribution in [0.25, 0.3) is 0 Å². The molecule has 0 aromatic heterocycles. The smallest absolute Gasteiger partial charge is 0.324 e. The van der Waals surface area contributed by atoms with E-state index < -0.39 is 0 Å². The van der Waals surface area contributed by atoms with Crippen LogP contribution in [0.4, 0.5) is 5.69 Å². The van der Waals surface area contributed by atoms with Crippen molar-refractivity contribution in [3.05, 3.63) is 23.2 Å². The van der Waals surface area contributed by atoms with Gasteiger partial charge in [-0.1, -0.05) is 45.3 Å². The summed E-state index contributed by atoms with van der Waals surface area (Å²) in [4.78, 5) is 0. The minimum absolute atomic E-state index is 0.0164. The highest BCUT2D eigenvalue weighted by molar-refractivity contribution is 6.66. The zero-order valence-electron chi connectivity index (χ0n) is 12.2. The van der Waals surface area contributed by atoms with Crippen LogP contribution in [0.15, 0.2) is 18.2 Å². The number of nitrogens with two attached hydrogens (primary N) is 1. The third kappa shape index (κ3) is 3.42. The minimum Gasteiger partial charge on any atom is -0.426 e. The standard InChI is InChI=1S/C14H23BClNO/c1-13(2,3)14(4,5)18-15(6)10-7-8-12(17)11(16)9-10/h7-9H,17H2,1-6H3. The van der Waals surface area contributed by atoms with Gasteiger partial charge in [0.25, 0.3) is 0 Å². The quantitative estimate of drug-likeness (QED) is 0.671. The molecule has 0 atom stereocenters. The first kappa shape index (κ1) is 15.4. The second kappa shape index (κ2) is 5.14. The van der Waals surface area contributed by atoms with Crippen LogP contribution in [0.5, 0.6) is 0 Å². The van der Waals surface area contributed by atoms with Gasteiger partial charge in [0.05, 0.1) is 16.3 Å². The molecule has 0 aliphatic carbocycles. The topological polar surface area (TPSA) is 35.2 Å². The highest BCUT2D eigenvalue weighted by atomic mass is 35.5. The lowest BCUT2D eigenvalue weighted by molar-refractivity contribution is 0.000451. The van der Waals surface area contributed by atoms with Crippen LogP contribution in [-0.2, 0) is 4.65 Å². The van der Waals surface area contributed by atoms with Gasteiger partial charge in [-0.2, -0.15) is 0 Å². The Morgan fingerprint density at radius 3 is 2.17 bits per heavy atom. The van der Waals surface area contributed by atoms with Gasteiger partial charge in [0, 0.05) is 0 Å². The SMILES string of the molecule is CB(OC(C)(C)C(C)(C)C)c1ccc(N)c(Cl)c1. The number of halogens is 1. The van der Waals surface area contributed by atoms with Gasteiger partial charge in [0.15, 0.2) is 0 Å². The molecule has 100 valence electrons. The van der Waals surface area contributed by atoms with E-state index in [0.717, 1.165) is 5.46 Å². The molecular weight excluding hydrogens is 244 g/mol. The maximum absolute atomic E-state index is 6.18. The van der Waals surface area contributed by atoms with E-state index in [2.05, 4.69) is 34.6 Å². The van der Waals surface area contributed by atoms with E-state index in [1.807, 2.05) is 25.0 Å². The van der Waals surface area contributed by atoms with E-state index in [4.69, 9.17) is 22.0 Å². The molecule has 0 unspecified atom stereocenters. The van der Waals surface area contributed by atoms with Crippen molar-refractivity contribution in [3.8, 4) is 0 Å². The van der Waals surface area contributed by atoms with Crippen molar-refractivity contribution in [2.45, 2.75) is 47.0 Å². The molecule has 0 fully saturated rings. The van der Waals surface area contributed by atoms with Gasteiger partial charge in [-0.25, -0.2) is 0 Å². The number of benzene rings is 1. The van der Waals surface area contributed by atoms with Crippen molar-refractivity contribution in [2.24, 2.45) is 5.41 Å². The Kier molecular flexibility index (Phi) is 4.40. The van der Waals surface area contributed by atoms with Crippen molar-refractivity contribution in [1.29, 1.82) is 0 Å². The number of hydrogen-bond acceptors (Lipinski definition) is 2. The van der Waals surface area contributed by atoms with Crippen LogP contribution in [0.1, 0.15) is 34.6 Å². The molecule has 2 N–H and O–H groups in total. The first-order valence-corrected chi connectivity index (χ1v) is 6.65. The molecule has 1 rings (SSSR count). The molecule has 0 amide bonds. The van der Waals surface area contributed by atoms with Gasteiger partial charge < -0.3 is 10.4 Å². The van der Waals surface area contributed by atoms with Gasteiger partial charge >= 0.3 is 6.92 Å². The third-order valence-corrected chi connectivity index (χ3v) is 4.10. The monoisotopic (exact) mass is 267 g/mol. The minimum atomic E-state index is -0.222. The summed E-state index contributed by atoms with van der Waals surface area (Å²) >= 11 is 6.04. The highest BCUT2D eigenvalue weighted by Crippen LogP contribution is 2.33. The van der Waals surface area contributed by atoms with Crippen LogP contribution in [-0.4, -0.2) is 12.5 Å². The molecule has 18 heavy (non-hydrogen) atoms. The van der Waals surface area contributed by atoms with Gasteiger partial charge in [0.2, 0.25) is 0 Å². The highest BCUT2D eigenvalue weighted by Gasteiger charge is 2.36. The first-order valence-electron chi connectivity index (χ1n) is 6.27. The predicted octanol–water partition coefficient (Wildman–Crippen LogP) is 3.59. The Balaban J connectivity index is 2.89. The Morgan fingerprint density at radius 1 is 1.17 bits per heavy atom. The average molecular weight is 268 g/mol. The van der Waals surface area contributed by atoms with Gasteiger partial charge in [-0.15, -0.1) is 0 Å². The summed E-state index contributed by atoms with van der Waals surface area (Å²) < 4.78 is 6.18. The molecule has 0 saturated carbocycles. The molecule has 0 spiro atoms. The fourth-order valence-corrected chi connectivity index (χ4v) is 1.67. The maximum Gasteiger partial charge on any atom is 0.324 e. The van der Waals surface area contributed by atoms with Crippen LogP contribution >= 0.6 is 11.6 Å². The molecule has 0 aliphatic heterocycles. The van der Waals surface area contributed by atoms with E-state index in [-0.39, 0.29) is 17.9 Å². The molecular formula is C14H23BClNO. The van der Waals surface area contributed by atoms with Crippen molar-refractivity contribution in [3.63, 3.8) is 0 Å². The average Bonchev–Trinajstić information content (AvgIpc) is 2.19. The summed E-state index contributed by atoms with van der Waals surface area (Å²) in [7, 11) is 0. The summed E-state index contributed by atoms with van der Waals surface area (Å²) in [6.07, 6.45) is 0. The number of anilines is 1. The molecule has 1 aromatic carbocycles. The summed E-state index contributed by atoms with van der Waals surface area (Å²) in [5, 5.41) is 0.580. The third-order valence-electron chi connectivity index (χ3n) is 3.77. The number of hydrogen-bond donors (Lipinski definition) is 1.